The van der Waals surface area contributed by atoms with Gasteiger partial charge in [-0.05, 0) is 43.7 Å². The van der Waals surface area contributed by atoms with E-state index in [2.05, 4.69) is 20.8 Å². The molecule has 30 heavy (non-hydrogen) atoms. The van der Waals surface area contributed by atoms with Gasteiger partial charge in [0.15, 0.2) is 5.96 Å². The van der Waals surface area contributed by atoms with Crippen molar-refractivity contribution in [2.75, 3.05) is 6.54 Å². The average molecular weight is 420 g/mol. The first-order chi connectivity index (χ1) is 14.3. The van der Waals surface area contributed by atoms with Crippen LogP contribution in [0.25, 0.3) is 0 Å². The van der Waals surface area contributed by atoms with Crippen molar-refractivity contribution in [3.63, 3.8) is 0 Å². The number of benzene rings is 1. The van der Waals surface area contributed by atoms with E-state index < -0.39 is 11.7 Å². The van der Waals surface area contributed by atoms with Gasteiger partial charge in [-0.3, -0.25) is 0 Å². The van der Waals surface area contributed by atoms with Crippen LogP contribution in [0.5, 0.6) is 0 Å². The molecular formula is C21H23F3N4O2. The van der Waals surface area contributed by atoms with Gasteiger partial charge in [0.2, 0.25) is 0 Å². The number of nitrogens with zero attached hydrogens (tertiary/aromatic N) is 2. The molecule has 1 aromatic carbocycles. The Morgan fingerprint density at radius 1 is 1.13 bits per heavy atom. The van der Waals surface area contributed by atoms with Crippen LogP contribution in [-0.2, 0) is 25.7 Å². The molecule has 2 aromatic heterocycles. The molecule has 0 saturated carbocycles. The molecule has 6 nitrogen and oxygen atoms in total. The number of hydrogen-bond donors (Lipinski definition) is 2. The summed E-state index contributed by atoms with van der Waals surface area (Å²) in [6, 6.07) is 8.85. The first-order valence-electron chi connectivity index (χ1n) is 9.45. The lowest BCUT2D eigenvalue weighted by atomic mass is 10.1. The fourth-order valence-electron chi connectivity index (χ4n) is 2.88. The summed E-state index contributed by atoms with van der Waals surface area (Å²) in [5.74, 6) is 2.00. The molecule has 2 heterocycles. The Kier molecular flexibility index (Phi) is 6.81. The highest BCUT2D eigenvalue weighted by molar-refractivity contribution is 5.79. The molecule has 0 aliphatic heterocycles. The monoisotopic (exact) mass is 420 g/mol. The molecule has 0 radical (unpaired) electrons. The van der Waals surface area contributed by atoms with Crippen LogP contribution < -0.4 is 10.6 Å². The first-order valence-corrected chi connectivity index (χ1v) is 9.45. The summed E-state index contributed by atoms with van der Waals surface area (Å²) >= 11 is 0. The lowest BCUT2D eigenvalue weighted by Crippen LogP contribution is -2.38. The average Bonchev–Trinajstić information content (AvgIpc) is 3.33. The largest absolute Gasteiger partial charge is 0.469 e. The third-order valence-electron chi connectivity index (χ3n) is 4.53. The predicted molar refractivity (Wildman–Crippen MR) is 106 cm³/mol. The minimum absolute atomic E-state index is 0.0988. The number of rotatable bonds is 7. The smallest absolute Gasteiger partial charge is 0.416 e. The van der Waals surface area contributed by atoms with E-state index in [9.17, 15) is 13.2 Å². The highest BCUT2D eigenvalue weighted by Gasteiger charge is 2.30. The van der Waals surface area contributed by atoms with Crippen LogP contribution in [0.3, 0.4) is 0 Å². The van der Waals surface area contributed by atoms with Crippen molar-refractivity contribution in [2.24, 2.45) is 4.99 Å². The van der Waals surface area contributed by atoms with E-state index in [-0.39, 0.29) is 6.54 Å². The summed E-state index contributed by atoms with van der Waals surface area (Å²) in [4.78, 5) is 4.44. The number of furan rings is 1. The Hall–Kier alpha value is -3.23. The molecule has 0 amide bonds. The van der Waals surface area contributed by atoms with Crippen molar-refractivity contribution in [1.29, 1.82) is 0 Å². The topological polar surface area (TPSA) is 75.6 Å². The SMILES string of the molecule is Cc1noc(C)c1CNC(=NCc1cccc(C(F)(F)F)c1)NCCc1ccco1. The molecule has 9 heteroatoms. The molecule has 0 fully saturated rings. The summed E-state index contributed by atoms with van der Waals surface area (Å²) in [7, 11) is 0. The first kappa shape index (κ1) is 21.5. The maximum Gasteiger partial charge on any atom is 0.416 e. The van der Waals surface area contributed by atoms with Gasteiger partial charge in [0.25, 0.3) is 0 Å². The van der Waals surface area contributed by atoms with Gasteiger partial charge < -0.3 is 19.6 Å². The normalized spacial score (nSPS) is 12.2. The van der Waals surface area contributed by atoms with Gasteiger partial charge in [0.1, 0.15) is 11.5 Å². The number of aromatic nitrogens is 1. The van der Waals surface area contributed by atoms with Crippen LogP contribution in [0.2, 0.25) is 0 Å². The molecule has 160 valence electrons. The zero-order valence-electron chi connectivity index (χ0n) is 16.7. The van der Waals surface area contributed by atoms with E-state index in [4.69, 9.17) is 8.94 Å². The highest BCUT2D eigenvalue weighted by atomic mass is 19.4. The summed E-state index contributed by atoms with van der Waals surface area (Å²) in [5, 5.41) is 10.3. The number of aliphatic imine (C=N–C) groups is 1. The van der Waals surface area contributed by atoms with E-state index in [1.165, 1.54) is 6.07 Å². The maximum atomic E-state index is 12.9. The van der Waals surface area contributed by atoms with Crippen molar-refractivity contribution < 1.29 is 22.1 Å². The number of hydrogen-bond acceptors (Lipinski definition) is 4. The van der Waals surface area contributed by atoms with Crippen molar-refractivity contribution >= 4 is 5.96 Å². The molecule has 0 aliphatic rings. The van der Waals surface area contributed by atoms with Gasteiger partial charge in [-0.25, -0.2) is 4.99 Å². The number of halogens is 3. The summed E-state index contributed by atoms with van der Waals surface area (Å²) < 4.78 is 49.3. The van der Waals surface area contributed by atoms with Gasteiger partial charge in [-0.2, -0.15) is 13.2 Å². The number of nitrogens with one attached hydrogen (secondary N) is 2. The second-order valence-electron chi connectivity index (χ2n) is 6.78. The fourth-order valence-corrected chi connectivity index (χ4v) is 2.88. The van der Waals surface area contributed by atoms with Crippen molar-refractivity contribution in [2.45, 2.75) is 39.5 Å². The predicted octanol–water partition coefficient (Wildman–Crippen LogP) is 4.38. The Morgan fingerprint density at radius 2 is 1.97 bits per heavy atom. The van der Waals surface area contributed by atoms with Crippen LogP contribution >= 0.6 is 0 Å². The van der Waals surface area contributed by atoms with Crippen molar-refractivity contribution in [1.82, 2.24) is 15.8 Å². The van der Waals surface area contributed by atoms with Gasteiger partial charge >= 0.3 is 6.18 Å². The molecule has 2 N–H and O–H groups in total. The van der Waals surface area contributed by atoms with Crippen LogP contribution in [-0.4, -0.2) is 17.7 Å². The lowest BCUT2D eigenvalue weighted by molar-refractivity contribution is -0.137. The number of aryl methyl sites for hydroxylation is 2. The fraction of sp³-hybridized carbons (Fsp3) is 0.333. The van der Waals surface area contributed by atoms with E-state index in [1.54, 1.807) is 12.3 Å². The van der Waals surface area contributed by atoms with Gasteiger partial charge in [0, 0.05) is 25.1 Å². The number of guanidine groups is 1. The van der Waals surface area contributed by atoms with E-state index >= 15 is 0 Å². The second kappa shape index (κ2) is 9.51. The number of alkyl halides is 3. The Balaban J connectivity index is 1.68. The van der Waals surface area contributed by atoms with Gasteiger partial charge in [0.05, 0.1) is 24.1 Å². The van der Waals surface area contributed by atoms with Crippen LogP contribution in [0.15, 0.2) is 56.6 Å². The third kappa shape index (κ3) is 5.88. The summed E-state index contributed by atoms with van der Waals surface area (Å²) in [5.41, 5.74) is 1.46. The van der Waals surface area contributed by atoms with Gasteiger partial charge in [-0.1, -0.05) is 17.3 Å². The van der Waals surface area contributed by atoms with Crippen molar-refractivity contribution in [3.05, 3.63) is 76.6 Å². The zero-order chi connectivity index (χ0) is 21.6. The Morgan fingerprint density at radius 3 is 2.63 bits per heavy atom. The van der Waals surface area contributed by atoms with E-state index in [1.807, 2.05) is 26.0 Å². The minimum Gasteiger partial charge on any atom is -0.469 e. The minimum atomic E-state index is -4.38. The van der Waals surface area contributed by atoms with Crippen LogP contribution in [0.4, 0.5) is 13.2 Å². The van der Waals surface area contributed by atoms with Crippen LogP contribution in [0.1, 0.15) is 33.9 Å². The standard InChI is InChI=1S/C21H23F3N4O2/c1-14-19(15(2)30-28-14)13-27-20(25-9-8-18-7-4-10-29-18)26-12-16-5-3-6-17(11-16)21(22,23)24/h3-7,10-11H,8-9,12-13H2,1-2H3,(H2,25,26,27). The molecule has 0 atom stereocenters. The van der Waals surface area contributed by atoms with E-state index in [0.717, 1.165) is 29.2 Å². The zero-order valence-corrected chi connectivity index (χ0v) is 16.7. The highest BCUT2D eigenvalue weighted by Crippen LogP contribution is 2.29. The van der Waals surface area contributed by atoms with Gasteiger partial charge in [-0.15, -0.1) is 0 Å². The second-order valence-corrected chi connectivity index (χ2v) is 6.78. The lowest BCUT2D eigenvalue weighted by Gasteiger charge is -2.13. The quantitative estimate of drug-likeness (QED) is 0.438. The molecule has 0 aliphatic carbocycles. The molecule has 0 unspecified atom stereocenters. The van der Waals surface area contributed by atoms with Crippen LogP contribution in [0, 0.1) is 13.8 Å². The molecule has 0 bridgehead atoms. The van der Waals surface area contributed by atoms with Crippen molar-refractivity contribution in [3.8, 4) is 0 Å². The Bertz CT molecular complexity index is 959. The molecular weight excluding hydrogens is 397 g/mol. The maximum absolute atomic E-state index is 12.9. The molecule has 0 saturated heterocycles. The summed E-state index contributed by atoms with van der Waals surface area (Å²) in [6.45, 7) is 4.74. The third-order valence-corrected chi connectivity index (χ3v) is 4.53. The van der Waals surface area contributed by atoms with E-state index in [0.29, 0.717) is 36.8 Å². The molecule has 3 rings (SSSR count). The molecule has 0 spiro atoms. The Labute approximate surface area is 172 Å². The molecule has 3 aromatic rings. The summed E-state index contributed by atoms with van der Waals surface area (Å²) in [6.07, 6.45) is -2.14.